The second kappa shape index (κ2) is 9.32. The van der Waals surface area contributed by atoms with E-state index in [1.54, 1.807) is 0 Å². The number of hydrogen-bond donors (Lipinski definition) is 3. The lowest BCUT2D eigenvalue weighted by atomic mass is 10.0. The molecular formula is C23H30N4O. The number of likely N-dealkylation sites (tertiary alicyclic amines) is 1. The van der Waals surface area contributed by atoms with Crippen molar-refractivity contribution in [3.63, 3.8) is 0 Å². The van der Waals surface area contributed by atoms with Gasteiger partial charge in [-0.3, -0.25) is 9.69 Å². The molecule has 2 aliphatic heterocycles. The molecule has 2 heterocycles. The van der Waals surface area contributed by atoms with Gasteiger partial charge in [0.1, 0.15) is 0 Å². The van der Waals surface area contributed by atoms with Gasteiger partial charge >= 0.3 is 0 Å². The number of piperidine rings is 1. The van der Waals surface area contributed by atoms with Crippen molar-refractivity contribution >= 4 is 5.91 Å². The minimum Gasteiger partial charge on any atom is -0.353 e. The van der Waals surface area contributed by atoms with Gasteiger partial charge < -0.3 is 5.32 Å². The van der Waals surface area contributed by atoms with Gasteiger partial charge in [-0.2, -0.15) is 0 Å². The third-order valence-electron chi connectivity index (χ3n) is 5.90. The molecule has 28 heavy (non-hydrogen) atoms. The van der Waals surface area contributed by atoms with E-state index < -0.39 is 0 Å². The summed E-state index contributed by atoms with van der Waals surface area (Å²) in [6.45, 7) is 2.04. The van der Waals surface area contributed by atoms with Crippen LogP contribution in [0.2, 0.25) is 0 Å². The lowest BCUT2D eigenvalue weighted by Gasteiger charge is -2.35. The monoisotopic (exact) mass is 378 g/mol. The Morgan fingerprint density at radius 1 is 0.964 bits per heavy atom. The number of carbonyl (C=O) groups is 1. The van der Waals surface area contributed by atoms with Crippen molar-refractivity contribution in [2.75, 3.05) is 13.1 Å². The highest BCUT2D eigenvalue weighted by molar-refractivity contribution is 5.76. The first kappa shape index (κ1) is 19.1. The molecule has 2 fully saturated rings. The first-order chi connectivity index (χ1) is 13.8. The predicted molar refractivity (Wildman–Crippen MR) is 111 cm³/mol. The van der Waals surface area contributed by atoms with Crippen molar-refractivity contribution in [2.45, 2.75) is 50.4 Å². The Morgan fingerprint density at radius 2 is 1.64 bits per heavy atom. The summed E-state index contributed by atoms with van der Waals surface area (Å²) in [5.74, 6) is 0.173. The van der Waals surface area contributed by atoms with Gasteiger partial charge in [-0.05, 0) is 36.8 Å². The van der Waals surface area contributed by atoms with Crippen LogP contribution < -0.4 is 16.2 Å². The number of hydrogen-bond acceptors (Lipinski definition) is 4. The fourth-order valence-corrected chi connectivity index (χ4v) is 4.24. The largest absolute Gasteiger partial charge is 0.353 e. The molecule has 5 nitrogen and oxygen atoms in total. The quantitative estimate of drug-likeness (QED) is 0.724. The van der Waals surface area contributed by atoms with Crippen molar-refractivity contribution in [2.24, 2.45) is 0 Å². The van der Waals surface area contributed by atoms with Gasteiger partial charge in [0.25, 0.3) is 0 Å². The van der Waals surface area contributed by atoms with E-state index >= 15 is 0 Å². The molecule has 0 radical (unpaired) electrons. The molecular weight excluding hydrogens is 348 g/mol. The Kier molecular flexibility index (Phi) is 6.37. The SMILES string of the molecule is O=C(CCc1ccccc1)NC1CCN(C2CC(c3ccccc3)NN2)CC1. The van der Waals surface area contributed by atoms with Crippen molar-refractivity contribution < 1.29 is 4.79 Å². The highest BCUT2D eigenvalue weighted by Gasteiger charge is 2.32. The van der Waals surface area contributed by atoms with Crippen molar-refractivity contribution in [1.29, 1.82) is 0 Å². The van der Waals surface area contributed by atoms with Crippen LogP contribution in [0.4, 0.5) is 0 Å². The van der Waals surface area contributed by atoms with Crippen molar-refractivity contribution in [1.82, 2.24) is 21.1 Å². The smallest absolute Gasteiger partial charge is 0.220 e. The second-order valence-electron chi connectivity index (χ2n) is 7.87. The van der Waals surface area contributed by atoms with Gasteiger partial charge in [0.15, 0.2) is 0 Å². The van der Waals surface area contributed by atoms with Crippen LogP contribution in [-0.4, -0.2) is 36.1 Å². The molecule has 0 aliphatic carbocycles. The van der Waals surface area contributed by atoms with E-state index in [2.05, 4.69) is 63.5 Å². The number of carbonyl (C=O) groups excluding carboxylic acids is 1. The summed E-state index contributed by atoms with van der Waals surface area (Å²) >= 11 is 0. The molecule has 2 aromatic rings. The topological polar surface area (TPSA) is 56.4 Å². The van der Waals surface area contributed by atoms with E-state index in [1.165, 1.54) is 11.1 Å². The standard InChI is InChI=1S/C23H30N4O/c28-23(12-11-18-7-3-1-4-8-18)24-20-13-15-27(16-14-20)22-17-21(25-26-22)19-9-5-2-6-10-19/h1-10,20-22,25-26H,11-17H2,(H,24,28). The number of amides is 1. The summed E-state index contributed by atoms with van der Waals surface area (Å²) in [6, 6.07) is 21.5. The molecule has 1 amide bonds. The molecule has 3 N–H and O–H groups in total. The molecule has 0 spiro atoms. The number of hydrazine groups is 1. The fraction of sp³-hybridized carbons (Fsp3) is 0.435. The first-order valence-electron chi connectivity index (χ1n) is 10.4. The van der Waals surface area contributed by atoms with Crippen LogP contribution >= 0.6 is 0 Å². The normalized spacial score (nSPS) is 23.6. The summed E-state index contributed by atoms with van der Waals surface area (Å²) in [4.78, 5) is 14.8. The van der Waals surface area contributed by atoms with Crippen LogP contribution in [0.5, 0.6) is 0 Å². The molecule has 0 bridgehead atoms. The fourth-order valence-electron chi connectivity index (χ4n) is 4.24. The van der Waals surface area contributed by atoms with Gasteiger partial charge in [-0.1, -0.05) is 60.7 Å². The van der Waals surface area contributed by atoms with E-state index in [4.69, 9.17) is 0 Å². The van der Waals surface area contributed by atoms with Gasteiger partial charge in [0.05, 0.1) is 6.17 Å². The van der Waals surface area contributed by atoms with Crippen LogP contribution in [0.25, 0.3) is 0 Å². The van der Waals surface area contributed by atoms with E-state index in [0.29, 0.717) is 24.7 Å². The first-order valence-corrected chi connectivity index (χ1v) is 10.4. The van der Waals surface area contributed by atoms with E-state index in [0.717, 1.165) is 38.8 Å². The summed E-state index contributed by atoms with van der Waals surface area (Å²) in [5, 5.41) is 3.23. The maximum Gasteiger partial charge on any atom is 0.220 e. The molecule has 2 aliphatic rings. The molecule has 2 saturated heterocycles. The highest BCUT2D eigenvalue weighted by Crippen LogP contribution is 2.25. The van der Waals surface area contributed by atoms with Crippen molar-refractivity contribution in [3.8, 4) is 0 Å². The Labute approximate surface area is 167 Å². The minimum atomic E-state index is 0.173. The Bertz CT molecular complexity index is 744. The zero-order valence-corrected chi connectivity index (χ0v) is 16.3. The molecule has 148 valence electrons. The number of nitrogens with one attached hydrogen (secondary N) is 3. The lowest BCUT2D eigenvalue weighted by Crippen LogP contribution is -2.51. The molecule has 4 rings (SSSR count). The minimum absolute atomic E-state index is 0.173. The highest BCUT2D eigenvalue weighted by atomic mass is 16.1. The Hall–Kier alpha value is -2.21. The molecule has 2 aromatic carbocycles. The second-order valence-corrected chi connectivity index (χ2v) is 7.87. The van der Waals surface area contributed by atoms with Crippen LogP contribution in [0.1, 0.15) is 42.9 Å². The maximum atomic E-state index is 12.3. The zero-order chi connectivity index (χ0) is 19.2. The Morgan fingerprint density at radius 3 is 2.36 bits per heavy atom. The molecule has 2 unspecified atom stereocenters. The maximum absolute atomic E-state index is 12.3. The summed E-state index contributed by atoms with van der Waals surface area (Å²) in [7, 11) is 0. The van der Waals surface area contributed by atoms with Gasteiger partial charge in [-0.15, -0.1) is 0 Å². The molecule has 0 aromatic heterocycles. The van der Waals surface area contributed by atoms with Crippen LogP contribution in [0.3, 0.4) is 0 Å². The number of benzene rings is 2. The van der Waals surface area contributed by atoms with E-state index in [1.807, 2.05) is 18.2 Å². The molecule has 5 heteroatoms. The van der Waals surface area contributed by atoms with E-state index in [-0.39, 0.29) is 5.91 Å². The third kappa shape index (κ3) is 4.98. The van der Waals surface area contributed by atoms with Gasteiger partial charge in [-0.25, -0.2) is 10.9 Å². The number of nitrogens with zero attached hydrogens (tertiary/aromatic N) is 1. The number of aryl methyl sites for hydroxylation is 1. The van der Waals surface area contributed by atoms with Crippen molar-refractivity contribution in [3.05, 3.63) is 71.8 Å². The summed E-state index contributed by atoms with van der Waals surface area (Å²) < 4.78 is 0. The summed E-state index contributed by atoms with van der Waals surface area (Å²) in [5.41, 5.74) is 9.45. The van der Waals surface area contributed by atoms with Gasteiger partial charge in [0, 0.05) is 31.6 Å². The third-order valence-corrected chi connectivity index (χ3v) is 5.90. The zero-order valence-electron chi connectivity index (χ0n) is 16.3. The summed E-state index contributed by atoms with van der Waals surface area (Å²) in [6.07, 6.45) is 4.84. The molecule has 2 atom stereocenters. The predicted octanol–water partition coefficient (Wildman–Crippen LogP) is 2.77. The average Bonchev–Trinajstić information content (AvgIpc) is 3.25. The van der Waals surface area contributed by atoms with Crippen LogP contribution in [-0.2, 0) is 11.2 Å². The average molecular weight is 379 g/mol. The lowest BCUT2D eigenvalue weighted by molar-refractivity contribution is -0.122. The van der Waals surface area contributed by atoms with Gasteiger partial charge in [0.2, 0.25) is 5.91 Å². The molecule has 0 saturated carbocycles. The van der Waals surface area contributed by atoms with Crippen LogP contribution in [0.15, 0.2) is 60.7 Å². The number of rotatable bonds is 6. The van der Waals surface area contributed by atoms with Crippen LogP contribution in [0, 0.1) is 0 Å². The van der Waals surface area contributed by atoms with E-state index in [9.17, 15) is 4.79 Å². The Balaban J connectivity index is 1.18.